The number of amides is 1. The predicted molar refractivity (Wildman–Crippen MR) is 129 cm³/mol. The van der Waals surface area contributed by atoms with Crippen molar-refractivity contribution in [3.8, 4) is 0 Å². The van der Waals surface area contributed by atoms with Crippen LogP contribution in [0.5, 0.6) is 0 Å². The van der Waals surface area contributed by atoms with Crippen molar-refractivity contribution in [3.63, 3.8) is 0 Å². The molecule has 8 heteroatoms. The molecule has 2 aromatic carbocycles. The number of anilines is 5. The second-order valence-corrected chi connectivity index (χ2v) is 7.55. The van der Waals surface area contributed by atoms with E-state index in [4.69, 9.17) is 10.5 Å². The van der Waals surface area contributed by atoms with E-state index in [9.17, 15) is 4.79 Å². The normalized spacial score (nSPS) is 13.5. The van der Waals surface area contributed by atoms with Gasteiger partial charge in [0.25, 0.3) is 5.91 Å². The molecule has 1 amide bonds. The molecule has 0 saturated carbocycles. The molecule has 166 valence electrons. The van der Waals surface area contributed by atoms with Gasteiger partial charge in [-0.3, -0.25) is 4.79 Å². The first kappa shape index (κ1) is 21.5. The fourth-order valence-corrected chi connectivity index (χ4v) is 3.63. The molecule has 0 radical (unpaired) electrons. The predicted octanol–water partition coefficient (Wildman–Crippen LogP) is 3.41. The summed E-state index contributed by atoms with van der Waals surface area (Å²) in [6, 6.07) is 18.1. The number of nitrogens with one attached hydrogen (secondary N) is 3. The van der Waals surface area contributed by atoms with Gasteiger partial charge in [0, 0.05) is 56.0 Å². The van der Waals surface area contributed by atoms with Crippen molar-refractivity contribution in [1.82, 2.24) is 4.98 Å². The van der Waals surface area contributed by atoms with Crippen LogP contribution in [0.1, 0.15) is 15.9 Å². The Morgan fingerprint density at radius 3 is 2.59 bits per heavy atom. The number of aromatic nitrogens is 1. The summed E-state index contributed by atoms with van der Waals surface area (Å²) in [7, 11) is 1.88. The van der Waals surface area contributed by atoms with Crippen molar-refractivity contribution in [2.45, 2.75) is 6.54 Å². The first-order valence-electron chi connectivity index (χ1n) is 10.6. The molecular formula is C24H28N6O2. The number of nitrogens with zero attached hydrogens (tertiary/aromatic N) is 2. The third kappa shape index (κ3) is 5.28. The molecule has 1 aliphatic heterocycles. The molecule has 0 spiro atoms. The van der Waals surface area contributed by atoms with Crippen LogP contribution in [0.3, 0.4) is 0 Å². The van der Waals surface area contributed by atoms with Gasteiger partial charge in [-0.05, 0) is 42.0 Å². The Kier molecular flexibility index (Phi) is 6.72. The van der Waals surface area contributed by atoms with Gasteiger partial charge in [-0.25, -0.2) is 4.98 Å². The maximum atomic E-state index is 11.9. The van der Waals surface area contributed by atoms with Gasteiger partial charge >= 0.3 is 0 Å². The topological polar surface area (TPSA) is 105 Å². The van der Waals surface area contributed by atoms with Crippen LogP contribution < -0.4 is 26.6 Å². The molecule has 5 N–H and O–H groups in total. The zero-order valence-corrected chi connectivity index (χ0v) is 18.1. The van der Waals surface area contributed by atoms with Crippen LogP contribution in [0.15, 0.2) is 60.8 Å². The second-order valence-electron chi connectivity index (χ2n) is 7.55. The molecule has 1 fully saturated rings. The Balaban J connectivity index is 1.47. The lowest BCUT2D eigenvalue weighted by Gasteiger charge is -2.28. The summed E-state index contributed by atoms with van der Waals surface area (Å²) in [5, 5.41) is 9.74. The minimum Gasteiger partial charge on any atom is -0.388 e. The largest absolute Gasteiger partial charge is 0.388 e. The Labute approximate surface area is 187 Å². The molecule has 32 heavy (non-hydrogen) atoms. The Morgan fingerprint density at radius 1 is 1.09 bits per heavy atom. The monoisotopic (exact) mass is 432 g/mol. The van der Waals surface area contributed by atoms with E-state index in [2.05, 4.69) is 38.0 Å². The third-order valence-electron chi connectivity index (χ3n) is 5.38. The van der Waals surface area contributed by atoms with Crippen LogP contribution in [0.25, 0.3) is 0 Å². The molecular weight excluding hydrogens is 404 g/mol. The fourth-order valence-electron chi connectivity index (χ4n) is 3.63. The van der Waals surface area contributed by atoms with Gasteiger partial charge < -0.3 is 31.3 Å². The molecule has 1 saturated heterocycles. The number of primary amides is 1. The second kappa shape index (κ2) is 10.0. The highest BCUT2D eigenvalue weighted by molar-refractivity contribution is 5.98. The number of benzene rings is 2. The van der Waals surface area contributed by atoms with Gasteiger partial charge in [0.2, 0.25) is 0 Å². The number of morpholine rings is 1. The van der Waals surface area contributed by atoms with Gasteiger partial charge in [-0.2, -0.15) is 0 Å². The molecule has 2 heterocycles. The first-order valence-corrected chi connectivity index (χ1v) is 10.6. The Hall–Kier alpha value is -3.78. The molecule has 0 aliphatic carbocycles. The molecule has 3 aromatic rings. The van der Waals surface area contributed by atoms with E-state index in [0.29, 0.717) is 23.6 Å². The fraction of sp³-hybridized carbons (Fsp3) is 0.250. The SMILES string of the molecule is CNc1cccc(CNc2cc(Nc3ccc(N4CCOCC4)cc3)ncc2C(N)=O)c1. The van der Waals surface area contributed by atoms with Crippen LogP contribution in [0.2, 0.25) is 0 Å². The van der Waals surface area contributed by atoms with Crippen molar-refractivity contribution < 1.29 is 9.53 Å². The van der Waals surface area contributed by atoms with Gasteiger partial charge in [0.1, 0.15) is 5.82 Å². The lowest BCUT2D eigenvalue weighted by Crippen LogP contribution is -2.36. The number of rotatable bonds is 8. The van der Waals surface area contributed by atoms with E-state index in [1.807, 2.05) is 43.4 Å². The van der Waals surface area contributed by atoms with Crippen LogP contribution in [0, 0.1) is 0 Å². The molecule has 1 aliphatic rings. The number of hydrogen-bond donors (Lipinski definition) is 4. The molecule has 8 nitrogen and oxygen atoms in total. The first-order chi connectivity index (χ1) is 15.6. The van der Waals surface area contributed by atoms with Crippen molar-refractivity contribution in [2.24, 2.45) is 5.73 Å². The van der Waals surface area contributed by atoms with Gasteiger partial charge in [0.15, 0.2) is 0 Å². The summed E-state index contributed by atoms with van der Waals surface area (Å²) >= 11 is 0. The zero-order chi connectivity index (χ0) is 22.3. The minimum atomic E-state index is -0.523. The van der Waals surface area contributed by atoms with Crippen molar-refractivity contribution in [1.29, 1.82) is 0 Å². The summed E-state index contributed by atoms with van der Waals surface area (Å²) in [6.45, 7) is 3.86. The van der Waals surface area contributed by atoms with Crippen LogP contribution in [-0.2, 0) is 11.3 Å². The summed E-state index contributed by atoms with van der Waals surface area (Å²) in [6.07, 6.45) is 1.50. The maximum absolute atomic E-state index is 11.9. The van der Waals surface area contributed by atoms with Crippen LogP contribution in [-0.4, -0.2) is 44.2 Å². The molecule has 0 atom stereocenters. The van der Waals surface area contributed by atoms with E-state index in [0.717, 1.165) is 43.2 Å². The van der Waals surface area contributed by atoms with E-state index >= 15 is 0 Å². The van der Waals surface area contributed by atoms with Crippen LogP contribution >= 0.6 is 0 Å². The minimum absolute atomic E-state index is 0.350. The number of hydrogen-bond acceptors (Lipinski definition) is 7. The zero-order valence-electron chi connectivity index (χ0n) is 18.1. The van der Waals surface area contributed by atoms with E-state index in [-0.39, 0.29) is 0 Å². The highest BCUT2D eigenvalue weighted by atomic mass is 16.5. The average molecular weight is 433 g/mol. The van der Waals surface area contributed by atoms with Crippen molar-refractivity contribution in [3.05, 3.63) is 71.9 Å². The van der Waals surface area contributed by atoms with Gasteiger partial charge in [-0.15, -0.1) is 0 Å². The standard InChI is InChI=1S/C24H28N6O2/c1-26-19-4-2-3-17(13-19)15-27-22-14-23(28-16-21(22)24(25)31)29-18-5-7-20(8-6-18)30-9-11-32-12-10-30/h2-8,13-14,16,26H,9-12,15H2,1H3,(H2,25,31)(H2,27,28,29). The molecule has 0 unspecified atom stereocenters. The maximum Gasteiger partial charge on any atom is 0.252 e. The molecule has 0 bridgehead atoms. The number of carbonyl (C=O) groups is 1. The van der Waals surface area contributed by atoms with Gasteiger partial charge in [-0.1, -0.05) is 12.1 Å². The summed E-state index contributed by atoms with van der Waals surface area (Å²) in [5.74, 6) is 0.103. The molecule has 4 rings (SSSR count). The smallest absolute Gasteiger partial charge is 0.252 e. The lowest BCUT2D eigenvalue weighted by atomic mass is 10.1. The average Bonchev–Trinajstić information content (AvgIpc) is 2.84. The summed E-state index contributed by atoms with van der Waals surface area (Å²) in [5.41, 5.74) is 10.7. The summed E-state index contributed by atoms with van der Waals surface area (Å²) < 4.78 is 5.42. The number of nitrogens with two attached hydrogens (primary N) is 1. The van der Waals surface area contributed by atoms with Crippen molar-refractivity contribution >= 4 is 34.5 Å². The number of pyridine rings is 1. The van der Waals surface area contributed by atoms with Crippen LogP contribution in [0.4, 0.5) is 28.6 Å². The Bertz CT molecular complexity index is 1060. The highest BCUT2D eigenvalue weighted by Gasteiger charge is 2.12. The quantitative estimate of drug-likeness (QED) is 0.432. The lowest BCUT2D eigenvalue weighted by molar-refractivity contribution is 0.100. The van der Waals surface area contributed by atoms with E-state index in [1.165, 1.54) is 11.9 Å². The highest BCUT2D eigenvalue weighted by Crippen LogP contribution is 2.24. The van der Waals surface area contributed by atoms with E-state index < -0.39 is 5.91 Å². The number of ether oxygens (including phenoxy) is 1. The Morgan fingerprint density at radius 2 is 1.88 bits per heavy atom. The molecule has 1 aromatic heterocycles. The number of carbonyl (C=O) groups excluding carboxylic acids is 1. The van der Waals surface area contributed by atoms with Crippen molar-refractivity contribution in [2.75, 3.05) is 54.2 Å². The van der Waals surface area contributed by atoms with Gasteiger partial charge in [0.05, 0.1) is 24.5 Å². The summed E-state index contributed by atoms with van der Waals surface area (Å²) in [4.78, 5) is 18.6. The van der Waals surface area contributed by atoms with E-state index in [1.54, 1.807) is 6.07 Å². The third-order valence-corrected chi connectivity index (χ3v) is 5.38.